The first-order chi connectivity index (χ1) is 19.9. The Labute approximate surface area is 242 Å². The van der Waals surface area contributed by atoms with E-state index in [0.29, 0.717) is 16.9 Å². The lowest BCUT2D eigenvalue weighted by atomic mass is 9.97. The van der Waals surface area contributed by atoms with E-state index in [4.69, 9.17) is 10.2 Å². The summed E-state index contributed by atoms with van der Waals surface area (Å²) in [6.45, 7) is 0. The maximum Gasteiger partial charge on any atom is 0.346 e. The van der Waals surface area contributed by atoms with Crippen molar-refractivity contribution in [3.05, 3.63) is 119 Å². The van der Waals surface area contributed by atoms with Crippen molar-refractivity contribution in [3.8, 4) is 11.5 Å². The molecular formula is C32H30N2O8. The number of phenols is 2. The van der Waals surface area contributed by atoms with E-state index in [0.717, 1.165) is 11.4 Å². The molecule has 42 heavy (non-hydrogen) atoms. The van der Waals surface area contributed by atoms with Gasteiger partial charge in [0, 0.05) is 57.3 Å². The van der Waals surface area contributed by atoms with Gasteiger partial charge in [-0.1, -0.05) is 36.4 Å². The summed E-state index contributed by atoms with van der Waals surface area (Å²) in [6, 6.07) is 24.3. The molecule has 0 saturated carbocycles. The average Bonchev–Trinajstić information content (AvgIpc) is 3.26. The third kappa shape index (κ3) is 7.51. The smallest absolute Gasteiger partial charge is 0.346 e. The van der Waals surface area contributed by atoms with Crippen LogP contribution in [0, 0.1) is 0 Å². The molecule has 0 aliphatic carbocycles. The molecule has 0 atom stereocenters. The van der Waals surface area contributed by atoms with E-state index in [9.17, 15) is 24.3 Å². The first-order valence-corrected chi connectivity index (χ1v) is 12.6. The fraction of sp³-hybridized carbons (Fsp3) is 0.125. The highest BCUT2D eigenvalue weighted by Crippen LogP contribution is 2.27. The molecule has 0 amide bonds. The summed E-state index contributed by atoms with van der Waals surface area (Å²) in [5, 5.41) is 28.2. The fourth-order valence-electron chi connectivity index (χ4n) is 3.81. The molecule has 0 fully saturated rings. The zero-order valence-corrected chi connectivity index (χ0v) is 23.4. The Bertz CT molecular complexity index is 1600. The SMILES string of the molecule is CN(C)c1ccc(C(=O)c2ccccc2C(=O)O)c(O)c1.CN(C)c1cccc(O)c1.O=C1OC(=O)c2ccccc21. The van der Waals surface area contributed by atoms with Crippen molar-refractivity contribution in [2.75, 3.05) is 38.0 Å². The number of aromatic carboxylic acids is 1. The van der Waals surface area contributed by atoms with Crippen molar-refractivity contribution < 1.29 is 39.2 Å². The van der Waals surface area contributed by atoms with Crippen molar-refractivity contribution in [1.82, 2.24) is 0 Å². The van der Waals surface area contributed by atoms with Gasteiger partial charge in [0.15, 0.2) is 5.78 Å². The molecule has 1 heterocycles. The molecule has 0 bridgehead atoms. The number of hydrogen-bond donors (Lipinski definition) is 3. The van der Waals surface area contributed by atoms with Crippen LogP contribution in [0.15, 0.2) is 91.0 Å². The Morgan fingerprint density at radius 3 is 1.62 bits per heavy atom. The summed E-state index contributed by atoms with van der Waals surface area (Å²) in [5.74, 6) is -2.66. The molecule has 0 saturated heterocycles. The summed E-state index contributed by atoms with van der Waals surface area (Å²) in [6.07, 6.45) is 0. The van der Waals surface area contributed by atoms with Gasteiger partial charge in [-0.3, -0.25) is 4.79 Å². The maximum atomic E-state index is 12.4. The number of esters is 2. The molecular weight excluding hydrogens is 540 g/mol. The Morgan fingerprint density at radius 1 is 0.619 bits per heavy atom. The van der Waals surface area contributed by atoms with Crippen LogP contribution in [-0.2, 0) is 4.74 Å². The number of phenolic OH excluding ortho intramolecular Hbond substituents is 2. The summed E-state index contributed by atoms with van der Waals surface area (Å²) >= 11 is 0. The number of ether oxygens (including phenoxy) is 1. The quantitative estimate of drug-likeness (QED) is 0.173. The van der Waals surface area contributed by atoms with Crippen LogP contribution >= 0.6 is 0 Å². The molecule has 1 aliphatic heterocycles. The average molecular weight is 571 g/mol. The molecule has 1 aliphatic rings. The molecule has 10 nitrogen and oxygen atoms in total. The number of aromatic hydroxyl groups is 2. The minimum Gasteiger partial charge on any atom is -0.508 e. The van der Waals surface area contributed by atoms with Crippen molar-refractivity contribution >= 4 is 35.1 Å². The molecule has 4 aromatic rings. The van der Waals surface area contributed by atoms with Crippen LogP contribution in [0.1, 0.15) is 47.0 Å². The monoisotopic (exact) mass is 570 g/mol. The van der Waals surface area contributed by atoms with Crippen molar-refractivity contribution in [1.29, 1.82) is 0 Å². The highest BCUT2D eigenvalue weighted by Gasteiger charge is 2.28. The van der Waals surface area contributed by atoms with Gasteiger partial charge < -0.3 is 29.9 Å². The number of carboxylic acids is 1. The van der Waals surface area contributed by atoms with E-state index in [1.54, 1.807) is 59.5 Å². The lowest BCUT2D eigenvalue weighted by molar-refractivity contribution is 0.0442. The van der Waals surface area contributed by atoms with Gasteiger partial charge in [0.05, 0.1) is 22.3 Å². The number of fused-ring (bicyclic) bond motifs is 1. The predicted molar refractivity (Wildman–Crippen MR) is 158 cm³/mol. The Kier molecular flexibility index (Phi) is 10.0. The second-order valence-corrected chi connectivity index (χ2v) is 9.41. The number of hydrogen-bond acceptors (Lipinski definition) is 9. The topological polar surface area (TPSA) is 145 Å². The third-order valence-electron chi connectivity index (χ3n) is 6.04. The number of ketones is 1. The second kappa shape index (κ2) is 13.6. The van der Waals surface area contributed by atoms with Gasteiger partial charge in [-0.15, -0.1) is 0 Å². The Balaban J connectivity index is 0.000000192. The molecule has 0 spiro atoms. The fourth-order valence-corrected chi connectivity index (χ4v) is 3.81. The summed E-state index contributed by atoms with van der Waals surface area (Å²) in [4.78, 5) is 49.0. The van der Waals surface area contributed by atoms with Crippen LogP contribution in [0.4, 0.5) is 11.4 Å². The number of carboxylic acid groups (broad SMARTS) is 1. The Hall–Kier alpha value is -5.64. The summed E-state index contributed by atoms with van der Waals surface area (Å²) < 4.78 is 4.35. The number of nitrogens with zero attached hydrogens (tertiary/aromatic N) is 2. The molecule has 0 radical (unpaired) electrons. The van der Waals surface area contributed by atoms with E-state index in [1.165, 1.54) is 24.3 Å². The first-order valence-electron chi connectivity index (χ1n) is 12.6. The van der Waals surface area contributed by atoms with E-state index >= 15 is 0 Å². The van der Waals surface area contributed by atoms with Gasteiger partial charge >= 0.3 is 17.9 Å². The Morgan fingerprint density at radius 2 is 1.14 bits per heavy atom. The molecule has 3 N–H and O–H groups in total. The number of carbonyl (C=O) groups is 4. The van der Waals surface area contributed by atoms with Crippen LogP contribution in [0.3, 0.4) is 0 Å². The van der Waals surface area contributed by atoms with Crippen molar-refractivity contribution in [2.45, 2.75) is 0 Å². The van der Waals surface area contributed by atoms with Crippen LogP contribution in [0.5, 0.6) is 11.5 Å². The zero-order valence-electron chi connectivity index (χ0n) is 23.4. The molecule has 0 aromatic heterocycles. The van der Waals surface area contributed by atoms with Crippen molar-refractivity contribution in [3.63, 3.8) is 0 Å². The van der Waals surface area contributed by atoms with E-state index < -0.39 is 23.7 Å². The first kappa shape index (κ1) is 30.9. The lowest BCUT2D eigenvalue weighted by Crippen LogP contribution is -2.11. The van der Waals surface area contributed by atoms with Crippen LogP contribution in [0.2, 0.25) is 0 Å². The lowest BCUT2D eigenvalue weighted by Gasteiger charge is -2.14. The third-order valence-corrected chi connectivity index (χ3v) is 6.04. The van der Waals surface area contributed by atoms with Gasteiger partial charge in [-0.25, -0.2) is 14.4 Å². The van der Waals surface area contributed by atoms with Gasteiger partial charge in [0.1, 0.15) is 11.5 Å². The minimum absolute atomic E-state index is 0.0536. The van der Waals surface area contributed by atoms with Gasteiger partial charge in [0.25, 0.3) is 0 Å². The van der Waals surface area contributed by atoms with Gasteiger partial charge in [-0.2, -0.15) is 0 Å². The highest BCUT2D eigenvalue weighted by atomic mass is 16.6. The molecule has 5 rings (SSSR count). The number of rotatable bonds is 5. The van der Waals surface area contributed by atoms with E-state index in [2.05, 4.69) is 4.74 Å². The number of anilines is 2. The highest BCUT2D eigenvalue weighted by molar-refractivity contribution is 6.16. The largest absolute Gasteiger partial charge is 0.508 e. The molecule has 10 heteroatoms. The molecule has 216 valence electrons. The maximum absolute atomic E-state index is 12.4. The summed E-state index contributed by atoms with van der Waals surface area (Å²) in [7, 11) is 7.51. The zero-order chi connectivity index (χ0) is 31.0. The van der Waals surface area contributed by atoms with Crippen LogP contribution < -0.4 is 9.80 Å². The summed E-state index contributed by atoms with van der Waals surface area (Å²) in [5.41, 5.74) is 2.52. The number of cyclic esters (lactones) is 2. The van der Waals surface area contributed by atoms with Crippen LogP contribution in [-0.4, -0.2) is 67.2 Å². The second-order valence-electron chi connectivity index (χ2n) is 9.41. The van der Waals surface area contributed by atoms with Gasteiger partial charge in [0.2, 0.25) is 0 Å². The number of carbonyl (C=O) groups excluding carboxylic acids is 3. The number of benzene rings is 4. The van der Waals surface area contributed by atoms with E-state index in [-0.39, 0.29) is 22.4 Å². The normalized spacial score (nSPS) is 11.1. The molecule has 4 aromatic carbocycles. The van der Waals surface area contributed by atoms with Gasteiger partial charge in [-0.05, 0) is 42.5 Å². The standard InChI is InChI=1S/C16H15NO4.C8H11NO.C8H4O3/c1-17(2)10-7-8-13(14(18)9-10)15(19)11-5-3-4-6-12(11)16(20)21;1-9(2)7-4-3-5-8(10)6-7;9-7-5-3-1-2-4-6(5)8(10)11-7/h3-9,18H,1-2H3,(H,20,21);3-6,10H,1-2H3;1-4H. The minimum atomic E-state index is -1.18. The van der Waals surface area contributed by atoms with E-state index in [1.807, 2.05) is 45.2 Å². The predicted octanol–water partition coefficient (Wildman–Crippen LogP) is 4.84. The van der Waals surface area contributed by atoms with Crippen LogP contribution in [0.25, 0.3) is 0 Å². The van der Waals surface area contributed by atoms with Crippen molar-refractivity contribution in [2.24, 2.45) is 0 Å². The molecule has 0 unspecified atom stereocenters.